The molecule has 4 aromatic heterocycles. The number of hydrogen-bond donors (Lipinski definition) is 3. The molecule has 2 fully saturated rings. The second kappa shape index (κ2) is 7.34. The molecule has 1 atom stereocenters. The number of carbonyl (C=O) groups is 1. The van der Waals surface area contributed by atoms with Gasteiger partial charge in [-0.3, -0.25) is 9.89 Å². The van der Waals surface area contributed by atoms with E-state index in [4.69, 9.17) is 4.98 Å². The Morgan fingerprint density at radius 1 is 1.29 bits per heavy atom. The van der Waals surface area contributed by atoms with Gasteiger partial charge in [-0.2, -0.15) is 10.1 Å². The number of nitrogens with zero attached hydrogens (tertiary/aromatic N) is 6. The van der Waals surface area contributed by atoms with Crippen LogP contribution in [-0.2, 0) is 4.79 Å². The minimum atomic E-state index is -0.336. The molecule has 1 amide bonds. The molecule has 158 valence electrons. The fourth-order valence-corrected chi connectivity index (χ4v) is 4.55. The Bertz CT molecular complexity index is 1230. The van der Waals surface area contributed by atoms with Crippen molar-refractivity contribution >= 4 is 45.5 Å². The van der Waals surface area contributed by atoms with Gasteiger partial charge in [-0.05, 0) is 37.8 Å². The lowest BCUT2D eigenvalue weighted by Crippen LogP contribution is -2.40. The van der Waals surface area contributed by atoms with Crippen molar-refractivity contribution in [2.75, 3.05) is 22.1 Å². The van der Waals surface area contributed by atoms with E-state index in [1.807, 2.05) is 34.7 Å². The highest BCUT2D eigenvalue weighted by Gasteiger charge is 2.33. The Hall–Kier alpha value is -3.47. The first-order valence-corrected chi connectivity index (χ1v) is 11.3. The molecule has 10 nitrogen and oxygen atoms in total. The molecule has 1 aliphatic heterocycles. The van der Waals surface area contributed by atoms with Crippen molar-refractivity contribution in [2.45, 2.75) is 37.6 Å². The quantitative estimate of drug-likeness (QED) is 0.426. The average molecular weight is 436 g/mol. The maximum absolute atomic E-state index is 12.9. The third-order valence-corrected chi connectivity index (χ3v) is 6.40. The number of hydrogen-bond acceptors (Lipinski definition) is 8. The fourth-order valence-electron chi connectivity index (χ4n) is 4.01. The topological polar surface area (TPSA) is 116 Å². The third-order valence-electron chi connectivity index (χ3n) is 5.72. The van der Waals surface area contributed by atoms with Crippen LogP contribution >= 0.6 is 11.3 Å². The molecule has 5 heterocycles. The van der Waals surface area contributed by atoms with Gasteiger partial charge in [0.15, 0.2) is 16.8 Å². The molecule has 0 radical (unpaired) electrons. The van der Waals surface area contributed by atoms with Crippen molar-refractivity contribution in [1.29, 1.82) is 0 Å². The summed E-state index contributed by atoms with van der Waals surface area (Å²) in [6, 6.07) is 5.59. The summed E-state index contributed by atoms with van der Waals surface area (Å²) in [6.45, 7) is 0.719. The number of anilines is 4. The van der Waals surface area contributed by atoms with Crippen molar-refractivity contribution in [1.82, 2.24) is 29.8 Å². The van der Waals surface area contributed by atoms with Gasteiger partial charge in [-0.25, -0.2) is 9.50 Å². The molecule has 3 N–H and O–H groups in total. The van der Waals surface area contributed by atoms with E-state index in [1.54, 1.807) is 10.7 Å². The first kappa shape index (κ1) is 18.3. The van der Waals surface area contributed by atoms with Crippen LogP contribution in [-0.4, -0.2) is 48.3 Å². The molecule has 1 saturated heterocycles. The average Bonchev–Trinajstić information content (AvgIpc) is 3.27. The second-order valence-corrected chi connectivity index (χ2v) is 8.78. The SMILES string of the molecule is O=C(Nc1nccs1)[C@@H]1CCCN1c1nc(Nc2cc(C3CC3)[nH]n2)c2cccn2n1. The molecule has 31 heavy (non-hydrogen) atoms. The Balaban J connectivity index is 1.30. The van der Waals surface area contributed by atoms with Crippen LogP contribution in [0.5, 0.6) is 0 Å². The van der Waals surface area contributed by atoms with Crippen molar-refractivity contribution in [3.63, 3.8) is 0 Å². The van der Waals surface area contributed by atoms with E-state index in [1.165, 1.54) is 24.2 Å². The Labute approximate surface area is 181 Å². The smallest absolute Gasteiger partial charge is 0.248 e. The van der Waals surface area contributed by atoms with Gasteiger partial charge in [0.2, 0.25) is 11.9 Å². The van der Waals surface area contributed by atoms with Crippen LogP contribution in [0.25, 0.3) is 5.52 Å². The van der Waals surface area contributed by atoms with E-state index in [2.05, 4.69) is 30.9 Å². The summed E-state index contributed by atoms with van der Waals surface area (Å²) < 4.78 is 1.78. The highest BCUT2D eigenvalue weighted by Crippen LogP contribution is 2.39. The molecule has 1 saturated carbocycles. The van der Waals surface area contributed by atoms with Gasteiger partial charge < -0.3 is 15.5 Å². The lowest BCUT2D eigenvalue weighted by atomic mass is 10.2. The highest BCUT2D eigenvalue weighted by atomic mass is 32.1. The summed E-state index contributed by atoms with van der Waals surface area (Å²) in [4.78, 5) is 23.8. The van der Waals surface area contributed by atoms with Crippen molar-refractivity contribution in [3.8, 4) is 0 Å². The standard InChI is InChI=1S/C20H21N9OS/c30-18(24-20-21-7-10-31-20)15-4-1-8-28(15)19-23-17(14-3-2-9-29(14)27-19)22-16-11-13(25-26-16)12-5-6-12/h2-3,7,9-12,15H,1,4-6,8H2,(H,21,24,30)(H2,22,23,25,26,27)/t15-/m0/s1. The number of aromatic nitrogens is 6. The van der Waals surface area contributed by atoms with E-state index in [0.29, 0.717) is 22.8 Å². The predicted molar refractivity (Wildman–Crippen MR) is 118 cm³/mol. The van der Waals surface area contributed by atoms with Crippen LogP contribution < -0.4 is 15.5 Å². The molecule has 2 aliphatic rings. The van der Waals surface area contributed by atoms with Gasteiger partial charge in [-0.15, -0.1) is 16.4 Å². The zero-order valence-electron chi connectivity index (χ0n) is 16.7. The molecular formula is C20H21N9OS. The predicted octanol–water partition coefficient (Wildman–Crippen LogP) is 3.14. The number of rotatable bonds is 6. The number of fused-ring (bicyclic) bond motifs is 1. The van der Waals surface area contributed by atoms with Gasteiger partial charge in [0.05, 0.1) is 0 Å². The molecule has 0 aromatic carbocycles. The van der Waals surface area contributed by atoms with Gasteiger partial charge in [-0.1, -0.05) is 0 Å². The molecule has 0 spiro atoms. The molecule has 6 rings (SSSR count). The third kappa shape index (κ3) is 3.50. The summed E-state index contributed by atoms with van der Waals surface area (Å²) in [6.07, 6.45) is 7.63. The number of H-pyrrole nitrogens is 1. The summed E-state index contributed by atoms with van der Waals surface area (Å²) in [5.41, 5.74) is 2.00. The van der Waals surface area contributed by atoms with E-state index in [-0.39, 0.29) is 11.9 Å². The lowest BCUT2D eigenvalue weighted by molar-refractivity contribution is -0.117. The summed E-state index contributed by atoms with van der Waals surface area (Å²) in [5, 5.41) is 20.8. The first-order chi connectivity index (χ1) is 15.2. The van der Waals surface area contributed by atoms with Crippen LogP contribution in [0.2, 0.25) is 0 Å². The number of carbonyl (C=O) groups excluding carboxylic acids is 1. The molecule has 4 aromatic rings. The molecule has 0 bridgehead atoms. The minimum Gasteiger partial charge on any atom is -0.327 e. The lowest BCUT2D eigenvalue weighted by Gasteiger charge is -2.24. The zero-order chi connectivity index (χ0) is 20.8. The van der Waals surface area contributed by atoms with Crippen LogP contribution in [0.1, 0.15) is 37.3 Å². The van der Waals surface area contributed by atoms with Crippen LogP contribution in [0, 0.1) is 0 Å². The maximum atomic E-state index is 12.9. The first-order valence-electron chi connectivity index (χ1n) is 10.4. The number of nitrogens with one attached hydrogen (secondary N) is 3. The molecular weight excluding hydrogens is 414 g/mol. The van der Waals surface area contributed by atoms with E-state index in [9.17, 15) is 4.79 Å². The molecule has 0 unspecified atom stereocenters. The normalized spacial score (nSPS) is 18.6. The van der Waals surface area contributed by atoms with Gasteiger partial charge >= 0.3 is 0 Å². The molecule has 11 heteroatoms. The van der Waals surface area contributed by atoms with E-state index in [0.717, 1.165) is 36.4 Å². The summed E-state index contributed by atoms with van der Waals surface area (Å²) >= 11 is 1.41. The van der Waals surface area contributed by atoms with Crippen LogP contribution in [0.3, 0.4) is 0 Å². The Morgan fingerprint density at radius 2 is 2.23 bits per heavy atom. The van der Waals surface area contributed by atoms with Gasteiger partial charge in [0.1, 0.15) is 11.6 Å². The van der Waals surface area contributed by atoms with Gasteiger partial charge in [0.25, 0.3) is 0 Å². The highest BCUT2D eigenvalue weighted by molar-refractivity contribution is 7.13. The summed E-state index contributed by atoms with van der Waals surface area (Å²) in [5.74, 6) is 2.42. The zero-order valence-corrected chi connectivity index (χ0v) is 17.5. The Morgan fingerprint density at radius 3 is 3.06 bits per heavy atom. The van der Waals surface area contributed by atoms with Crippen molar-refractivity contribution in [2.24, 2.45) is 0 Å². The summed E-state index contributed by atoms with van der Waals surface area (Å²) in [7, 11) is 0. The fraction of sp³-hybridized carbons (Fsp3) is 0.350. The number of aromatic amines is 1. The minimum absolute atomic E-state index is 0.0838. The largest absolute Gasteiger partial charge is 0.327 e. The van der Waals surface area contributed by atoms with Gasteiger partial charge in [0, 0.05) is 42.0 Å². The Kier molecular flexibility index (Phi) is 4.34. The maximum Gasteiger partial charge on any atom is 0.248 e. The number of thiazole rings is 1. The van der Waals surface area contributed by atoms with Crippen LogP contribution in [0.4, 0.5) is 22.7 Å². The van der Waals surface area contributed by atoms with E-state index >= 15 is 0 Å². The second-order valence-electron chi connectivity index (χ2n) is 7.88. The molecule has 1 aliphatic carbocycles. The monoisotopic (exact) mass is 435 g/mol. The van der Waals surface area contributed by atoms with Crippen LogP contribution in [0.15, 0.2) is 36.0 Å². The number of amides is 1. The van der Waals surface area contributed by atoms with Crippen molar-refractivity contribution < 1.29 is 4.79 Å². The van der Waals surface area contributed by atoms with Crippen molar-refractivity contribution in [3.05, 3.63) is 41.7 Å². The van der Waals surface area contributed by atoms with E-state index < -0.39 is 0 Å².